The van der Waals surface area contributed by atoms with E-state index < -0.39 is 0 Å². The summed E-state index contributed by atoms with van der Waals surface area (Å²) in [5.41, 5.74) is 1.15. The van der Waals surface area contributed by atoms with E-state index in [4.69, 9.17) is 14.2 Å². The van der Waals surface area contributed by atoms with Crippen molar-refractivity contribution in [1.29, 1.82) is 0 Å². The molecule has 0 saturated carbocycles. The second kappa shape index (κ2) is 7.89. The summed E-state index contributed by atoms with van der Waals surface area (Å²) in [6.07, 6.45) is 1.41. The molecule has 0 amide bonds. The van der Waals surface area contributed by atoms with Gasteiger partial charge in [-0.05, 0) is 29.8 Å². The van der Waals surface area contributed by atoms with Crippen LogP contribution >= 0.6 is 0 Å². The molecule has 0 radical (unpaired) electrons. The lowest BCUT2D eigenvalue weighted by molar-refractivity contribution is 0.179. The van der Waals surface area contributed by atoms with Gasteiger partial charge >= 0.3 is 0 Å². The van der Waals surface area contributed by atoms with Crippen LogP contribution in [0.1, 0.15) is 5.56 Å². The van der Waals surface area contributed by atoms with Gasteiger partial charge in [0.1, 0.15) is 31.3 Å². The van der Waals surface area contributed by atoms with Crippen molar-refractivity contribution in [2.24, 2.45) is 0 Å². The summed E-state index contributed by atoms with van der Waals surface area (Å²) in [7, 11) is 0. The standard InChI is InChI=1S/C17H18O3/c1-2-18-12-13-19-16-8-10-17(11-9-16)20-14-15-6-4-3-5-7-15/h2-11H,1,12-14H2. The summed E-state index contributed by atoms with van der Waals surface area (Å²) in [5, 5.41) is 0. The third kappa shape index (κ3) is 4.69. The highest BCUT2D eigenvalue weighted by Gasteiger charge is 1.97. The van der Waals surface area contributed by atoms with Crippen molar-refractivity contribution >= 4 is 0 Å². The van der Waals surface area contributed by atoms with Gasteiger partial charge in [-0.3, -0.25) is 0 Å². The van der Waals surface area contributed by atoms with Gasteiger partial charge in [-0.2, -0.15) is 0 Å². The molecule has 0 unspecified atom stereocenters. The topological polar surface area (TPSA) is 27.7 Å². The predicted molar refractivity (Wildman–Crippen MR) is 78.9 cm³/mol. The predicted octanol–water partition coefficient (Wildman–Crippen LogP) is 3.80. The van der Waals surface area contributed by atoms with E-state index in [1.807, 2.05) is 54.6 Å². The first-order valence-electron chi connectivity index (χ1n) is 6.50. The molecule has 2 aromatic rings. The second-order valence-electron chi connectivity index (χ2n) is 4.13. The molecule has 0 atom stereocenters. The van der Waals surface area contributed by atoms with Crippen molar-refractivity contribution in [3.8, 4) is 11.5 Å². The molecule has 0 fully saturated rings. The molecular formula is C17H18O3. The van der Waals surface area contributed by atoms with Gasteiger partial charge in [0.2, 0.25) is 0 Å². The molecule has 3 heteroatoms. The van der Waals surface area contributed by atoms with Crippen LogP contribution in [0.25, 0.3) is 0 Å². The summed E-state index contributed by atoms with van der Waals surface area (Å²) in [6.45, 7) is 5.02. The van der Waals surface area contributed by atoms with Gasteiger partial charge in [-0.15, -0.1) is 0 Å². The highest BCUT2D eigenvalue weighted by molar-refractivity contribution is 5.31. The van der Waals surface area contributed by atoms with E-state index in [9.17, 15) is 0 Å². The average Bonchev–Trinajstić information content (AvgIpc) is 2.52. The maximum atomic E-state index is 5.70. The average molecular weight is 270 g/mol. The van der Waals surface area contributed by atoms with Crippen LogP contribution in [0.2, 0.25) is 0 Å². The zero-order chi connectivity index (χ0) is 14.0. The Balaban J connectivity index is 1.78. The van der Waals surface area contributed by atoms with Gasteiger partial charge in [0.05, 0.1) is 6.26 Å². The van der Waals surface area contributed by atoms with E-state index in [1.165, 1.54) is 6.26 Å². The van der Waals surface area contributed by atoms with Crippen LogP contribution < -0.4 is 9.47 Å². The molecule has 0 saturated heterocycles. The van der Waals surface area contributed by atoms with Crippen molar-refractivity contribution in [2.45, 2.75) is 6.61 Å². The number of ether oxygens (including phenoxy) is 3. The Morgan fingerprint density at radius 2 is 1.45 bits per heavy atom. The monoisotopic (exact) mass is 270 g/mol. The summed E-state index contributed by atoms with van der Waals surface area (Å²) in [5.74, 6) is 1.62. The number of hydrogen-bond donors (Lipinski definition) is 0. The lowest BCUT2D eigenvalue weighted by Gasteiger charge is -2.08. The van der Waals surface area contributed by atoms with Crippen molar-refractivity contribution in [3.63, 3.8) is 0 Å². The van der Waals surface area contributed by atoms with Crippen LogP contribution in [0.3, 0.4) is 0 Å². The van der Waals surface area contributed by atoms with Crippen LogP contribution in [-0.2, 0) is 11.3 Å². The van der Waals surface area contributed by atoms with E-state index in [-0.39, 0.29) is 0 Å². The van der Waals surface area contributed by atoms with Gasteiger partial charge in [0, 0.05) is 0 Å². The first kappa shape index (κ1) is 14.0. The van der Waals surface area contributed by atoms with E-state index in [0.717, 1.165) is 17.1 Å². The van der Waals surface area contributed by atoms with E-state index in [1.54, 1.807) is 0 Å². The molecule has 3 nitrogen and oxygen atoms in total. The SMILES string of the molecule is C=COCCOc1ccc(OCc2ccccc2)cc1. The van der Waals surface area contributed by atoms with Crippen molar-refractivity contribution in [3.05, 3.63) is 73.0 Å². The van der Waals surface area contributed by atoms with Crippen LogP contribution in [0.15, 0.2) is 67.4 Å². The summed E-state index contributed by atoms with van der Waals surface area (Å²) in [4.78, 5) is 0. The van der Waals surface area contributed by atoms with Crippen LogP contribution in [-0.4, -0.2) is 13.2 Å². The van der Waals surface area contributed by atoms with Gasteiger partial charge in [-0.25, -0.2) is 0 Å². The third-order valence-corrected chi connectivity index (χ3v) is 2.66. The first-order valence-corrected chi connectivity index (χ1v) is 6.50. The van der Waals surface area contributed by atoms with Gasteiger partial charge in [-0.1, -0.05) is 36.9 Å². The molecule has 0 bridgehead atoms. The molecular weight excluding hydrogens is 252 g/mol. The van der Waals surface area contributed by atoms with E-state index in [0.29, 0.717) is 19.8 Å². The Labute approximate surface area is 119 Å². The Bertz CT molecular complexity index is 506. The quantitative estimate of drug-likeness (QED) is 0.539. The largest absolute Gasteiger partial charge is 0.498 e. The molecule has 2 rings (SSSR count). The van der Waals surface area contributed by atoms with Gasteiger partial charge in [0.15, 0.2) is 0 Å². The third-order valence-electron chi connectivity index (χ3n) is 2.66. The van der Waals surface area contributed by atoms with E-state index in [2.05, 4.69) is 6.58 Å². The minimum absolute atomic E-state index is 0.496. The fraction of sp³-hybridized carbons (Fsp3) is 0.176. The normalized spacial score (nSPS) is 9.80. The molecule has 0 aliphatic heterocycles. The van der Waals surface area contributed by atoms with Crippen LogP contribution in [0, 0.1) is 0 Å². The lowest BCUT2D eigenvalue weighted by atomic mass is 10.2. The molecule has 0 aliphatic carbocycles. The number of rotatable bonds is 8. The van der Waals surface area contributed by atoms with E-state index >= 15 is 0 Å². The first-order chi connectivity index (χ1) is 9.88. The highest BCUT2D eigenvalue weighted by Crippen LogP contribution is 2.18. The zero-order valence-corrected chi connectivity index (χ0v) is 11.3. The van der Waals surface area contributed by atoms with Crippen LogP contribution in [0.4, 0.5) is 0 Å². The lowest BCUT2D eigenvalue weighted by Crippen LogP contribution is -2.03. The van der Waals surface area contributed by atoms with Crippen molar-refractivity contribution in [1.82, 2.24) is 0 Å². The summed E-state index contributed by atoms with van der Waals surface area (Å²) in [6, 6.07) is 17.6. The number of benzene rings is 2. The number of hydrogen-bond acceptors (Lipinski definition) is 3. The fourth-order valence-electron chi connectivity index (χ4n) is 1.66. The van der Waals surface area contributed by atoms with Gasteiger partial charge < -0.3 is 14.2 Å². The smallest absolute Gasteiger partial charge is 0.122 e. The summed E-state index contributed by atoms with van der Waals surface area (Å²) < 4.78 is 16.2. The minimum atomic E-state index is 0.496. The maximum absolute atomic E-state index is 5.70. The van der Waals surface area contributed by atoms with Crippen molar-refractivity contribution in [2.75, 3.05) is 13.2 Å². The van der Waals surface area contributed by atoms with Crippen LogP contribution in [0.5, 0.6) is 11.5 Å². The molecule has 0 N–H and O–H groups in total. The Hall–Kier alpha value is -2.42. The molecule has 0 aromatic heterocycles. The second-order valence-corrected chi connectivity index (χ2v) is 4.13. The molecule has 2 aromatic carbocycles. The minimum Gasteiger partial charge on any atom is -0.498 e. The molecule has 0 spiro atoms. The molecule has 0 aliphatic rings. The molecule has 0 heterocycles. The summed E-state index contributed by atoms with van der Waals surface area (Å²) >= 11 is 0. The maximum Gasteiger partial charge on any atom is 0.122 e. The Morgan fingerprint density at radius 1 is 0.800 bits per heavy atom. The van der Waals surface area contributed by atoms with Gasteiger partial charge in [0.25, 0.3) is 0 Å². The molecule has 104 valence electrons. The zero-order valence-electron chi connectivity index (χ0n) is 11.3. The Kier molecular flexibility index (Phi) is 5.53. The Morgan fingerprint density at radius 3 is 2.10 bits per heavy atom. The van der Waals surface area contributed by atoms with Crippen molar-refractivity contribution < 1.29 is 14.2 Å². The highest BCUT2D eigenvalue weighted by atomic mass is 16.5. The fourth-order valence-corrected chi connectivity index (χ4v) is 1.66. The molecule has 20 heavy (non-hydrogen) atoms.